The van der Waals surface area contributed by atoms with Gasteiger partial charge in [-0.25, -0.2) is 5.10 Å². The van der Waals surface area contributed by atoms with Crippen LogP contribution in [0.1, 0.15) is 0 Å². The lowest BCUT2D eigenvalue weighted by molar-refractivity contribution is 0.797. The van der Waals surface area contributed by atoms with Crippen molar-refractivity contribution in [2.75, 3.05) is 0 Å². The summed E-state index contributed by atoms with van der Waals surface area (Å²) in [5, 5.41) is 11.2. The average Bonchev–Trinajstić information content (AvgIpc) is 2.70. The quantitative estimate of drug-likeness (QED) is 0.680. The fourth-order valence-electron chi connectivity index (χ4n) is 1.91. The van der Waals surface area contributed by atoms with Gasteiger partial charge in [0.2, 0.25) is 0 Å². The van der Waals surface area contributed by atoms with E-state index in [4.69, 9.17) is 0 Å². The third kappa shape index (κ3) is 1.44. The molecular weight excluding hydrogens is 216 g/mol. The molecule has 3 aromatic rings. The van der Waals surface area contributed by atoms with Crippen molar-refractivity contribution in [3.8, 4) is 11.3 Å². The Labute approximate surface area is 96.7 Å². The Balaban J connectivity index is 2.43. The van der Waals surface area contributed by atoms with E-state index in [0.29, 0.717) is 11.1 Å². The molecule has 0 spiro atoms. The molecule has 0 aliphatic carbocycles. The van der Waals surface area contributed by atoms with Crippen LogP contribution in [-0.4, -0.2) is 20.0 Å². The van der Waals surface area contributed by atoms with Crippen LogP contribution in [0.2, 0.25) is 0 Å². The Morgan fingerprint density at radius 3 is 2.76 bits per heavy atom. The van der Waals surface area contributed by atoms with Gasteiger partial charge in [0.05, 0.1) is 17.1 Å². The van der Waals surface area contributed by atoms with E-state index in [1.165, 1.54) is 0 Å². The summed E-state index contributed by atoms with van der Waals surface area (Å²) in [4.78, 5) is 11.8. The average molecular weight is 226 g/mol. The number of aromatic amines is 1. The first-order valence-electron chi connectivity index (χ1n) is 5.23. The van der Waals surface area contributed by atoms with Gasteiger partial charge < -0.3 is 0 Å². The van der Waals surface area contributed by atoms with E-state index in [1.54, 1.807) is 17.9 Å². The summed E-state index contributed by atoms with van der Waals surface area (Å²) < 4.78 is 1.67. The van der Waals surface area contributed by atoms with E-state index >= 15 is 0 Å². The van der Waals surface area contributed by atoms with Crippen LogP contribution >= 0.6 is 0 Å². The summed E-state index contributed by atoms with van der Waals surface area (Å²) in [7, 11) is 1.80. The minimum atomic E-state index is -0.213. The van der Waals surface area contributed by atoms with Gasteiger partial charge in [0.25, 0.3) is 5.56 Å². The van der Waals surface area contributed by atoms with Crippen molar-refractivity contribution >= 4 is 10.9 Å². The Morgan fingerprint density at radius 2 is 2.00 bits per heavy atom. The van der Waals surface area contributed by atoms with E-state index in [-0.39, 0.29) is 5.56 Å². The smallest absolute Gasteiger partial charge is 0.267 e. The number of nitrogens with one attached hydrogen (secondary N) is 1. The third-order valence-corrected chi connectivity index (χ3v) is 2.72. The third-order valence-electron chi connectivity index (χ3n) is 2.72. The molecule has 17 heavy (non-hydrogen) atoms. The summed E-state index contributed by atoms with van der Waals surface area (Å²) in [6.07, 6.45) is 1.61. The maximum Gasteiger partial charge on any atom is 0.275 e. The summed E-state index contributed by atoms with van der Waals surface area (Å²) in [6.45, 7) is 0. The van der Waals surface area contributed by atoms with Gasteiger partial charge in [-0.3, -0.25) is 9.48 Å². The molecule has 2 heterocycles. The number of fused-ring (bicyclic) bond motifs is 1. The van der Waals surface area contributed by atoms with Gasteiger partial charge in [-0.15, -0.1) is 0 Å². The van der Waals surface area contributed by atoms with Crippen molar-refractivity contribution in [2.24, 2.45) is 7.05 Å². The maximum absolute atomic E-state index is 11.8. The highest BCUT2D eigenvalue weighted by Crippen LogP contribution is 2.23. The van der Waals surface area contributed by atoms with Crippen LogP contribution in [-0.2, 0) is 7.05 Å². The highest BCUT2D eigenvalue weighted by atomic mass is 16.1. The number of aromatic nitrogens is 4. The first kappa shape index (κ1) is 9.77. The Hall–Kier alpha value is -2.43. The second-order valence-corrected chi connectivity index (χ2v) is 3.80. The predicted molar refractivity (Wildman–Crippen MR) is 64.6 cm³/mol. The Kier molecular flexibility index (Phi) is 2.04. The molecule has 0 aliphatic heterocycles. The zero-order chi connectivity index (χ0) is 11.8. The molecule has 2 aromatic heterocycles. The van der Waals surface area contributed by atoms with Crippen molar-refractivity contribution < 1.29 is 0 Å². The van der Waals surface area contributed by atoms with Crippen LogP contribution in [0.4, 0.5) is 0 Å². The van der Waals surface area contributed by atoms with E-state index in [9.17, 15) is 4.79 Å². The van der Waals surface area contributed by atoms with Gasteiger partial charge in [0.1, 0.15) is 5.69 Å². The zero-order valence-corrected chi connectivity index (χ0v) is 9.21. The normalized spacial score (nSPS) is 10.9. The molecule has 1 N–H and O–H groups in total. The van der Waals surface area contributed by atoms with Crippen LogP contribution in [0.3, 0.4) is 0 Å². The summed E-state index contributed by atoms with van der Waals surface area (Å²) in [5.41, 5.74) is 2.13. The van der Waals surface area contributed by atoms with Crippen LogP contribution in [0, 0.1) is 0 Å². The van der Waals surface area contributed by atoms with Gasteiger partial charge in [0, 0.05) is 12.6 Å². The van der Waals surface area contributed by atoms with Gasteiger partial charge >= 0.3 is 0 Å². The number of rotatable bonds is 1. The Bertz CT molecular complexity index is 727. The van der Waals surface area contributed by atoms with Crippen molar-refractivity contribution in [3.63, 3.8) is 0 Å². The van der Waals surface area contributed by atoms with E-state index in [2.05, 4.69) is 15.3 Å². The molecule has 1 aromatic carbocycles. The van der Waals surface area contributed by atoms with Crippen LogP contribution < -0.4 is 5.56 Å². The van der Waals surface area contributed by atoms with Crippen LogP contribution in [0.15, 0.2) is 41.3 Å². The molecule has 0 atom stereocenters. The molecule has 0 aliphatic rings. The minimum Gasteiger partial charge on any atom is -0.267 e. The van der Waals surface area contributed by atoms with E-state index in [0.717, 1.165) is 11.1 Å². The molecule has 0 saturated heterocycles. The van der Waals surface area contributed by atoms with Gasteiger partial charge in [-0.05, 0) is 0 Å². The molecule has 0 saturated carbocycles. The van der Waals surface area contributed by atoms with Gasteiger partial charge in [-0.2, -0.15) is 10.2 Å². The van der Waals surface area contributed by atoms with Gasteiger partial charge in [0.15, 0.2) is 0 Å². The largest absolute Gasteiger partial charge is 0.275 e. The van der Waals surface area contributed by atoms with Crippen molar-refractivity contribution in [3.05, 3.63) is 46.9 Å². The lowest BCUT2D eigenvalue weighted by Crippen LogP contribution is -2.07. The van der Waals surface area contributed by atoms with E-state index < -0.39 is 0 Å². The molecule has 84 valence electrons. The molecule has 0 bridgehead atoms. The van der Waals surface area contributed by atoms with Gasteiger partial charge in [-0.1, -0.05) is 30.3 Å². The molecule has 0 amide bonds. The lowest BCUT2D eigenvalue weighted by atomic mass is 10.1. The highest BCUT2D eigenvalue weighted by Gasteiger charge is 2.13. The second-order valence-electron chi connectivity index (χ2n) is 3.80. The molecule has 0 radical (unpaired) electrons. The topological polar surface area (TPSA) is 63.6 Å². The van der Waals surface area contributed by atoms with Crippen molar-refractivity contribution in [1.82, 2.24) is 20.0 Å². The maximum atomic E-state index is 11.8. The first-order chi connectivity index (χ1) is 8.27. The fourth-order valence-corrected chi connectivity index (χ4v) is 1.91. The monoisotopic (exact) mass is 226 g/mol. The number of hydrogen-bond donors (Lipinski definition) is 1. The minimum absolute atomic E-state index is 0.213. The highest BCUT2D eigenvalue weighted by molar-refractivity contribution is 5.91. The van der Waals surface area contributed by atoms with Crippen LogP contribution in [0.25, 0.3) is 22.2 Å². The number of nitrogens with zero attached hydrogens (tertiary/aromatic N) is 3. The van der Waals surface area contributed by atoms with Crippen molar-refractivity contribution in [2.45, 2.75) is 0 Å². The molecule has 3 rings (SSSR count). The predicted octanol–water partition coefficient (Wildman–Crippen LogP) is 1.32. The molecule has 5 nitrogen and oxygen atoms in total. The standard InChI is InChI=1S/C12H10N4O/c1-16-9-7-13-14-12(17)10(9)11(15-16)8-5-3-2-4-6-8/h2-7H,1H3,(H,14,17). The summed E-state index contributed by atoms with van der Waals surface area (Å²) in [5.74, 6) is 0. The van der Waals surface area contributed by atoms with E-state index in [1.807, 2.05) is 30.3 Å². The number of H-pyrrole nitrogens is 1. The summed E-state index contributed by atoms with van der Waals surface area (Å²) >= 11 is 0. The number of aryl methyl sites for hydroxylation is 1. The van der Waals surface area contributed by atoms with Crippen molar-refractivity contribution in [1.29, 1.82) is 0 Å². The summed E-state index contributed by atoms with van der Waals surface area (Å²) in [6, 6.07) is 9.64. The Morgan fingerprint density at radius 1 is 1.24 bits per heavy atom. The molecule has 0 unspecified atom stereocenters. The zero-order valence-electron chi connectivity index (χ0n) is 9.21. The van der Waals surface area contributed by atoms with Crippen LogP contribution in [0.5, 0.6) is 0 Å². The lowest BCUT2D eigenvalue weighted by Gasteiger charge is -1.95. The fraction of sp³-hybridized carbons (Fsp3) is 0.0833. The second kappa shape index (κ2) is 3.55. The number of benzene rings is 1. The first-order valence-corrected chi connectivity index (χ1v) is 5.23. The molecular formula is C12H10N4O. The molecule has 0 fully saturated rings. The molecule has 5 heteroatoms. The number of hydrogen-bond acceptors (Lipinski definition) is 3. The SMILES string of the molecule is Cn1nc(-c2ccccc2)c2c(=O)[nH]ncc21.